The molecule has 1 aromatic heterocycles. The van der Waals surface area contributed by atoms with Crippen LogP contribution >= 0.6 is 0 Å². The van der Waals surface area contributed by atoms with Crippen molar-refractivity contribution < 1.29 is 4.92 Å². The summed E-state index contributed by atoms with van der Waals surface area (Å²) < 4.78 is 0. The summed E-state index contributed by atoms with van der Waals surface area (Å²) in [5, 5.41) is 13.7. The van der Waals surface area contributed by atoms with Gasteiger partial charge in [-0.3, -0.25) is 10.1 Å². The molecule has 0 bridgehead atoms. The molecule has 0 fully saturated rings. The Morgan fingerprint density at radius 2 is 1.90 bits per heavy atom. The minimum absolute atomic E-state index is 0.0597. The van der Waals surface area contributed by atoms with Gasteiger partial charge in [0, 0.05) is 36.0 Å². The van der Waals surface area contributed by atoms with Crippen LogP contribution in [0.2, 0.25) is 0 Å². The number of rotatable bonds is 4. The second-order valence-electron chi connectivity index (χ2n) is 4.37. The van der Waals surface area contributed by atoms with E-state index >= 15 is 0 Å². The van der Waals surface area contributed by atoms with Crippen molar-refractivity contribution in [3.05, 3.63) is 45.6 Å². The molecule has 0 aliphatic heterocycles. The van der Waals surface area contributed by atoms with Crippen molar-refractivity contribution in [2.45, 2.75) is 20.3 Å². The van der Waals surface area contributed by atoms with E-state index in [1.54, 1.807) is 12.1 Å². The highest BCUT2D eigenvalue weighted by Crippen LogP contribution is 2.24. The smallest absolute Gasteiger partial charge is 0.269 e. The van der Waals surface area contributed by atoms with Gasteiger partial charge in [-0.15, -0.1) is 0 Å². The standard InChI is InChI=1S/C14H16N4O2/c1-4-12-9(2)16-13(17-14(12)15-3)10-5-7-11(8-6-10)18(19)20/h5-8H,4H2,1-3H3,(H,15,16,17). The number of nitrogens with zero attached hydrogens (tertiary/aromatic N) is 3. The Labute approximate surface area is 117 Å². The molecule has 1 N–H and O–H groups in total. The molecule has 0 saturated carbocycles. The molecule has 0 saturated heterocycles. The van der Waals surface area contributed by atoms with E-state index in [0.29, 0.717) is 5.82 Å². The van der Waals surface area contributed by atoms with E-state index < -0.39 is 4.92 Å². The summed E-state index contributed by atoms with van der Waals surface area (Å²) in [6.07, 6.45) is 0.850. The second kappa shape index (κ2) is 5.64. The van der Waals surface area contributed by atoms with Crippen LogP contribution in [0.3, 0.4) is 0 Å². The van der Waals surface area contributed by atoms with Crippen molar-refractivity contribution in [2.75, 3.05) is 12.4 Å². The third kappa shape index (κ3) is 2.59. The van der Waals surface area contributed by atoms with Crippen molar-refractivity contribution in [3.8, 4) is 11.4 Å². The number of anilines is 1. The Balaban J connectivity index is 2.47. The zero-order valence-corrected chi connectivity index (χ0v) is 11.7. The highest BCUT2D eigenvalue weighted by Gasteiger charge is 2.12. The van der Waals surface area contributed by atoms with Gasteiger partial charge in [-0.05, 0) is 25.5 Å². The van der Waals surface area contributed by atoms with Crippen LogP contribution in [0.4, 0.5) is 11.5 Å². The van der Waals surface area contributed by atoms with Gasteiger partial charge < -0.3 is 5.32 Å². The lowest BCUT2D eigenvalue weighted by Gasteiger charge is -2.11. The number of nitro groups is 1. The van der Waals surface area contributed by atoms with E-state index in [2.05, 4.69) is 22.2 Å². The highest BCUT2D eigenvalue weighted by molar-refractivity contribution is 5.61. The van der Waals surface area contributed by atoms with E-state index in [1.807, 2.05) is 14.0 Å². The fourth-order valence-corrected chi connectivity index (χ4v) is 2.09. The SMILES string of the molecule is CCc1c(C)nc(-c2ccc([N+](=O)[O-])cc2)nc1NC. The third-order valence-corrected chi connectivity index (χ3v) is 3.14. The van der Waals surface area contributed by atoms with Gasteiger partial charge in [0.05, 0.1) is 4.92 Å². The Morgan fingerprint density at radius 1 is 1.25 bits per heavy atom. The topological polar surface area (TPSA) is 81.0 Å². The molecule has 2 aromatic rings. The Bertz CT molecular complexity index is 638. The number of aryl methyl sites for hydroxylation is 1. The first-order chi connectivity index (χ1) is 9.56. The van der Waals surface area contributed by atoms with Crippen molar-refractivity contribution >= 4 is 11.5 Å². The quantitative estimate of drug-likeness (QED) is 0.683. The Kier molecular flexibility index (Phi) is 3.93. The zero-order chi connectivity index (χ0) is 14.7. The van der Waals surface area contributed by atoms with E-state index in [1.165, 1.54) is 12.1 Å². The first-order valence-electron chi connectivity index (χ1n) is 6.37. The summed E-state index contributed by atoms with van der Waals surface area (Å²) in [6.45, 7) is 3.99. The van der Waals surface area contributed by atoms with Crippen LogP contribution in [-0.2, 0) is 6.42 Å². The van der Waals surface area contributed by atoms with Crippen LogP contribution in [0.5, 0.6) is 0 Å². The van der Waals surface area contributed by atoms with Crippen LogP contribution in [0.25, 0.3) is 11.4 Å². The van der Waals surface area contributed by atoms with E-state index in [4.69, 9.17) is 0 Å². The van der Waals surface area contributed by atoms with Gasteiger partial charge in [0.15, 0.2) is 5.82 Å². The van der Waals surface area contributed by atoms with E-state index in [-0.39, 0.29) is 5.69 Å². The molecule has 2 rings (SSSR count). The number of nitrogens with one attached hydrogen (secondary N) is 1. The van der Waals surface area contributed by atoms with Crippen LogP contribution in [0, 0.1) is 17.0 Å². The molecular formula is C14H16N4O2. The maximum Gasteiger partial charge on any atom is 0.269 e. The minimum Gasteiger partial charge on any atom is -0.373 e. The predicted molar refractivity (Wildman–Crippen MR) is 77.8 cm³/mol. The number of non-ortho nitro benzene ring substituents is 1. The summed E-state index contributed by atoms with van der Waals surface area (Å²) in [4.78, 5) is 19.2. The maximum atomic E-state index is 10.7. The molecule has 6 heteroatoms. The number of hydrogen-bond donors (Lipinski definition) is 1. The first-order valence-corrected chi connectivity index (χ1v) is 6.37. The van der Waals surface area contributed by atoms with E-state index in [9.17, 15) is 10.1 Å². The van der Waals surface area contributed by atoms with E-state index in [0.717, 1.165) is 29.1 Å². The number of nitro benzene ring substituents is 1. The average Bonchev–Trinajstić information content (AvgIpc) is 2.46. The fourth-order valence-electron chi connectivity index (χ4n) is 2.09. The van der Waals surface area contributed by atoms with Gasteiger partial charge >= 0.3 is 0 Å². The summed E-state index contributed by atoms with van der Waals surface area (Å²) in [7, 11) is 1.82. The maximum absolute atomic E-state index is 10.7. The molecule has 0 spiro atoms. The van der Waals surface area contributed by atoms with Crippen molar-refractivity contribution in [2.24, 2.45) is 0 Å². The lowest BCUT2D eigenvalue weighted by atomic mass is 10.1. The molecule has 0 aliphatic carbocycles. The third-order valence-electron chi connectivity index (χ3n) is 3.14. The van der Waals surface area contributed by atoms with Crippen molar-refractivity contribution in [1.29, 1.82) is 0 Å². The Morgan fingerprint density at radius 3 is 2.40 bits per heavy atom. The largest absolute Gasteiger partial charge is 0.373 e. The molecule has 104 valence electrons. The normalized spacial score (nSPS) is 10.3. The van der Waals surface area contributed by atoms with Gasteiger partial charge in [-0.25, -0.2) is 9.97 Å². The molecule has 1 aromatic carbocycles. The van der Waals surface area contributed by atoms with Crippen molar-refractivity contribution in [3.63, 3.8) is 0 Å². The molecule has 0 amide bonds. The van der Waals surface area contributed by atoms with Gasteiger partial charge in [0.25, 0.3) is 5.69 Å². The van der Waals surface area contributed by atoms with Crippen molar-refractivity contribution in [1.82, 2.24) is 9.97 Å². The number of benzene rings is 1. The lowest BCUT2D eigenvalue weighted by molar-refractivity contribution is -0.384. The van der Waals surface area contributed by atoms with Gasteiger partial charge in [-0.1, -0.05) is 6.92 Å². The minimum atomic E-state index is -0.422. The first kappa shape index (κ1) is 13.9. The Hall–Kier alpha value is -2.50. The fraction of sp³-hybridized carbons (Fsp3) is 0.286. The number of aromatic nitrogens is 2. The molecule has 1 heterocycles. The molecule has 20 heavy (non-hydrogen) atoms. The molecule has 0 atom stereocenters. The molecule has 0 unspecified atom stereocenters. The zero-order valence-electron chi connectivity index (χ0n) is 11.7. The van der Waals surface area contributed by atoms with Gasteiger partial charge in [0.1, 0.15) is 5.82 Å². The average molecular weight is 272 g/mol. The molecular weight excluding hydrogens is 256 g/mol. The van der Waals surface area contributed by atoms with Gasteiger partial charge in [0.2, 0.25) is 0 Å². The van der Waals surface area contributed by atoms with Gasteiger partial charge in [-0.2, -0.15) is 0 Å². The van der Waals surface area contributed by atoms with Crippen LogP contribution in [-0.4, -0.2) is 21.9 Å². The highest BCUT2D eigenvalue weighted by atomic mass is 16.6. The molecule has 0 aliphatic rings. The van der Waals surface area contributed by atoms with Crippen LogP contribution < -0.4 is 5.32 Å². The second-order valence-corrected chi connectivity index (χ2v) is 4.37. The summed E-state index contributed by atoms with van der Waals surface area (Å²) in [5.41, 5.74) is 2.82. The van der Waals surface area contributed by atoms with Crippen LogP contribution in [0.15, 0.2) is 24.3 Å². The summed E-state index contributed by atoms with van der Waals surface area (Å²) in [5.74, 6) is 1.37. The molecule has 0 radical (unpaired) electrons. The predicted octanol–water partition coefficient (Wildman–Crippen LogP) is 2.96. The lowest BCUT2D eigenvalue weighted by Crippen LogP contribution is -2.05. The van der Waals surface area contributed by atoms with Crippen LogP contribution in [0.1, 0.15) is 18.2 Å². The number of hydrogen-bond acceptors (Lipinski definition) is 5. The monoisotopic (exact) mass is 272 g/mol. The summed E-state index contributed by atoms with van der Waals surface area (Å²) in [6, 6.07) is 6.25. The summed E-state index contributed by atoms with van der Waals surface area (Å²) >= 11 is 0. The molecule has 6 nitrogen and oxygen atoms in total.